The van der Waals surface area contributed by atoms with Crippen molar-refractivity contribution in [3.05, 3.63) is 69.6 Å². The van der Waals surface area contributed by atoms with E-state index < -0.39 is 18.5 Å². The molecule has 3 rings (SSSR count). The second kappa shape index (κ2) is 9.01. The van der Waals surface area contributed by atoms with E-state index in [1.165, 1.54) is 0 Å². The highest BCUT2D eigenvalue weighted by Crippen LogP contribution is 2.15. The Balaban J connectivity index is 1.66. The van der Waals surface area contributed by atoms with Gasteiger partial charge < -0.3 is 14.6 Å². The van der Waals surface area contributed by atoms with E-state index in [1.807, 2.05) is 13.0 Å². The van der Waals surface area contributed by atoms with E-state index in [-0.39, 0.29) is 11.1 Å². The highest BCUT2D eigenvalue weighted by Gasteiger charge is 2.14. The number of carbonyl (C=O) groups is 2. The first-order valence-corrected chi connectivity index (χ1v) is 9.37. The zero-order chi connectivity index (χ0) is 21.7. The number of amides is 1. The molecule has 1 amide bonds. The van der Waals surface area contributed by atoms with Crippen LogP contribution in [0, 0.1) is 18.3 Å². The van der Waals surface area contributed by atoms with E-state index in [2.05, 4.69) is 10.3 Å². The number of rotatable bonds is 6. The standard InChI is InChI=1S/C22H20N4O4/c1-3-26-19-9-6-16(12-18(19)24-14(2)21(26)28)22(29)30-13-20(27)25-17-7-4-15(5-8-17)10-11-23/h4-9,12H,3,10,13H2,1-2H3,(H,25,27). The second-order valence-corrected chi connectivity index (χ2v) is 6.61. The van der Waals surface area contributed by atoms with Crippen LogP contribution < -0.4 is 10.9 Å². The number of anilines is 1. The number of fused-ring (bicyclic) bond motifs is 1. The number of ether oxygens (including phenoxy) is 1. The van der Waals surface area contributed by atoms with Crippen molar-refractivity contribution in [1.82, 2.24) is 9.55 Å². The molecule has 8 heteroatoms. The summed E-state index contributed by atoms with van der Waals surface area (Å²) in [5, 5.41) is 11.3. The van der Waals surface area contributed by atoms with Gasteiger partial charge in [-0.15, -0.1) is 0 Å². The Hall–Kier alpha value is -3.99. The number of nitrogens with one attached hydrogen (secondary N) is 1. The summed E-state index contributed by atoms with van der Waals surface area (Å²) in [6.07, 6.45) is 0.292. The summed E-state index contributed by atoms with van der Waals surface area (Å²) in [5.41, 5.74) is 2.93. The molecule has 0 fully saturated rings. The average molecular weight is 404 g/mol. The lowest BCUT2D eigenvalue weighted by Gasteiger charge is -2.10. The lowest BCUT2D eigenvalue weighted by molar-refractivity contribution is -0.119. The monoisotopic (exact) mass is 404 g/mol. The molecule has 2 aromatic carbocycles. The Morgan fingerprint density at radius 2 is 1.93 bits per heavy atom. The van der Waals surface area contributed by atoms with Gasteiger partial charge in [0.05, 0.1) is 29.1 Å². The zero-order valence-electron chi connectivity index (χ0n) is 16.6. The van der Waals surface area contributed by atoms with E-state index in [0.29, 0.717) is 35.4 Å². The van der Waals surface area contributed by atoms with Gasteiger partial charge in [0.2, 0.25) is 0 Å². The molecule has 1 aromatic heterocycles. The van der Waals surface area contributed by atoms with Gasteiger partial charge in [-0.1, -0.05) is 12.1 Å². The number of nitrogens with zero attached hydrogens (tertiary/aromatic N) is 3. The maximum absolute atomic E-state index is 12.3. The summed E-state index contributed by atoms with van der Waals surface area (Å²) >= 11 is 0. The molecule has 0 radical (unpaired) electrons. The topological polar surface area (TPSA) is 114 Å². The zero-order valence-corrected chi connectivity index (χ0v) is 16.6. The Morgan fingerprint density at radius 3 is 2.60 bits per heavy atom. The minimum atomic E-state index is -0.662. The molecule has 0 aliphatic heterocycles. The predicted octanol–water partition coefficient (Wildman–Crippen LogP) is 2.59. The summed E-state index contributed by atoms with van der Waals surface area (Å²) < 4.78 is 6.68. The minimum absolute atomic E-state index is 0.169. The summed E-state index contributed by atoms with van der Waals surface area (Å²) in [4.78, 5) is 40.8. The molecular weight excluding hydrogens is 384 g/mol. The fourth-order valence-corrected chi connectivity index (χ4v) is 3.02. The van der Waals surface area contributed by atoms with Crippen molar-refractivity contribution < 1.29 is 14.3 Å². The van der Waals surface area contributed by atoms with E-state index in [0.717, 1.165) is 5.56 Å². The van der Waals surface area contributed by atoms with Crippen LogP contribution in [-0.4, -0.2) is 28.0 Å². The first-order valence-electron chi connectivity index (χ1n) is 9.37. The van der Waals surface area contributed by atoms with Gasteiger partial charge in [-0.3, -0.25) is 9.59 Å². The SMILES string of the molecule is CCn1c(=O)c(C)nc2cc(C(=O)OCC(=O)Nc3ccc(CC#N)cc3)ccc21. The summed E-state index contributed by atoms with van der Waals surface area (Å²) in [6.45, 7) is 3.52. The van der Waals surface area contributed by atoms with Crippen LogP contribution >= 0.6 is 0 Å². The van der Waals surface area contributed by atoms with E-state index in [9.17, 15) is 14.4 Å². The molecule has 30 heavy (non-hydrogen) atoms. The number of aromatic nitrogens is 2. The third-order valence-electron chi connectivity index (χ3n) is 4.52. The number of nitriles is 1. The average Bonchev–Trinajstić information content (AvgIpc) is 2.74. The molecule has 0 spiro atoms. The van der Waals surface area contributed by atoms with Crippen LogP contribution in [0.25, 0.3) is 11.0 Å². The first kappa shape index (κ1) is 20.7. The van der Waals surface area contributed by atoms with Gasteiger partial charge in [-0.2, -0.15) is 5.26 Å². The molecule has 8 nitrogen and oxygen atoms in total. The molecule has 0 saturated heterocycles. The molecule has 0 saturated carbocycles. The second-order valence-electron chi connectivity index (χ2n) is 6.61. The van der Waals surface area contributed by atoms with Crippen molar-refractivity contribution in [1.29, 1.82) is 5.26 Å². The van der Waals surface area contributed by atoms with Crippen LogP contribution in [0.1, 0.15) is 28.5 Å². The fourth-order valence-electron chi connectivity index (χ4n) is 3.02. The van der Waals surface area contributed by atoms with Crippen molar-refractivity contribution in [2.45, 2.75) is 26.8 Å². The van der Waals surface area contributed by atoms with Crippen molar-refractivity contribution in [3.63, 3.8) is 0 Å². The summed E-state index contributed by atoms with van der Waals surface area (Å²) in [5.74, 6) is -1.14. The van der Waals surface area contributed by atoms with Crippen molar-refractivity contribution in [2.75, 3.05) is 11.9 Å². The number of benzene rings is 2. The van der Waals surface area contributed by atoms with Crippen LogP contribution in [0.5, 0.6) is 0 Å². The molecule has 0 unspecified atom stereocenters. The largest absolute Gasteiger partial charge is 0.452 e. The van der Waals surface area contributed by atoms with Crippen LogP contribution in [0.2, 0.25) is 0 Å². The maximum atomic E-state index is 12.3. The number of aryl methyl sites for hydroxylation is 2. The molecule has 3 aromatic rings. The predicted molar refractivity (Wildman–Crippen MR) is 111 cm³/mol. The van der Waals surface area contributed by atoms with Crippen LogP contribution in [0.3, 0.4) is 0 Å². The maximum Gasteiger partial charge on any atom is 0.338 e. The normalized spacial score (nSPS) is 10.4. The summed E-state index contributed by atoms with van der Waals surface area (Å²) in [6, 6.07) is 13.6. The van der Waals surface area contributed by atoms with Crippen LogP contribution in [-0.2, 0) is 22.5 Å². The molecule has 0 bridgehead atoms. The Kier molecular flexibility index (Phi) is 6.23. The van der Waals surface area contributed by atoms with Gasteiger partial charge in [0.25, 0.3) is 11.5 Å². The smallest absolute Gasteiger partial charge is 0.338 e. The van der Waals surface area contributed by atoms with E-state index >= 15 is 0 Å². The summed E-state index contributed by atoms with van der Waals surface area (Å²) in [7, 11) is 0. The van der Waals surface area contributed by atoms with E-state index in [1.54, 1.807) is 54.0 Å². The highest BCUT2D eigenvalue weighted by molar-refractivity contribution is 5.97. The molecule has 1 heterocycles. The number of hydrogen-bond acceptors (Lipinski definition) is 6. The Labute approximate surface area is 172 Å². The van der Waals surface area contributed by atoms with Crippen LogP contribution in [0.4, 0.5) is 5.69 Å². The van der Waals surface area contributed by atoms with Crippen LogP contribution in [0.15, 0.2) is 47.3 Å². The van der Waals surface area contributed by atoms with Crippen molar-refractivity contribution >= 4 is 28.6 Å². The third kappa shape index (κ3) is 4.52. The Morgan fingerprint density at radius 1 is 1.20 bits per heavy atom. The minimum Gasteiger partial charge on any atom is -0.452 e. The van der Waals surface area contributed by atoms with Gasteiger partial charge in [0.1, 0.15) is 5.69 Å². The molecule has 0 aliphatic carbocycles. The lowest BCUT2D eigenvalue weighted by Crippen LogP contribution is -2.23. The number of hydrogen-bond donors (Lipinski definition) is 1. The van der Waals surface area contributed by atoms with Crippen molar-refractivity contribution in [2.24, 2.45) is 0 Å². The van der Waals surface area contributed by atoms with Gasteiger partial charge in [-0.25, -0.2) is 9.78 Å². The molecule has 152 valence electrons. The van der Waals surface area contributed by atoms with Gasteiger partial charge in [0.15, 0.2) is 6.61 Å². The Bertz CT molecular complexity index is 1210. The van der Waals surface area contributed by atoms with Crippen molar-refractivity contribution in [3.8, 4) is 6.07 Å². The van der Waals surface area contributed by atoms with Gasteiger partial charge in [-0.05, 0) is 49.7 Å². The number of carbonyl (C=O) groups excluding carboxylic acids is 2. The molecular formula is C22H20N4O4. The molecule has 0 aliphatic rings. The third-order valence-corrected chi connectivity index (χ3v) is 4.52. The first-order chi connectivity index (χ1) is 14.4. The quantitative estimate of drug-likeness (QED) is 0.632. The fraction of sp³-hybridized carbons (Fsp3) is 0.227. The van der Waals surface area contributed by atoms with E-state index in [4.69, 9.17) is 10.00 Å². The number of esters is 1. The molecule has 0 atom stereocenters. The lowest BCUT2D eigenvalue weighted by atomic mass is 10.1. The van der Waals surface area contributed by atoms with Gasteiger partial charge in [0, 0.05) is 12.2 Å². The van der Waals surface area contributed by atoms with Gasteiger partial charge >= 0.3 is 5.97 Å². The highest BCUT2D eigenvalue weighted by atomic mass is 16.5. The molecule has 1 N–H and O–H groups in total.